The first-order valence-corrected chi connectivity index (χ1v) is 5.61. The van der Waals surface area contributed by atoms with Crippen molar-refractivity contribution in [2.24, 2.45) is 0 Å². The van der Waals surface area contributed by atoms with Crippen molar-refractivity contribution in [3.8, 4) is 0 Å². The largest absolute Gasteiger partial charge is 1.00 e. The molecule has 0 spiro atoms. The van der Waals surface area contributed by atoms with Gasteiger partial charge in [-0.2, -0.15) is 0 Å². The molecule has 0 aromatic heterocycles. The second-order valence-corrected chi connectivity index (χ2v) is 3.63. The van der Waals surface area contributed by atoms with Crippen LogP contribution in [0.15, 0.2) is 30.3 Å². The Morgan fingerprint density at radius 1 is 0.905 bits per heavy atom. The molecule has 0 aliphatic carbocycles. The second kappa shape index (κ2) is 16.0. The monoisotopic (exact) mass is 312 g/mol. The molecule has 1 N–H and O–H groups in total. The van der Waals surface area contributed by atoms with Crippen molar-refractivity contribution in [2.75, 3.05) is 0 Å². The molecule has 0 heterocycles. The van der Waals surface area contributed by atoms with Gasteiger partial charge in [0.1, 0.15) is 0 Å². The van der Waals surface area contributed by atoms with Gasteiger partial charge < -0.3 is 24.9 Å². The number of carbonyl (C=O) groups is 3. The summed E-state index contributed by atoms with van der Waals surface area (Å²) in [5, 5.41) is 28.0. The molecule has 0 saturated heterocycles. The van der Waals surface area contributed by atoms with Crippen LogP contribution in [0, 0.1) is 0 Å². The standard InChI is InChI=1S/C7H6O2.C6H10O4.2Na/c8-7(9)6-4-2-1-3-5-6;7-5(8)3-1-2-4-6(9)10;;/h1-5H,(H,8,9);1-4H2,(H,7,8)(H,9,10);;/q;;2*+1/p-2. The van der Waals surface area contributed by atoms with Crippen LogP contribution in [-0.4, -0.2) is 23.0 Å². The molecule has 1 aromatic rings. The number of unbranched alkanes of at least 4 members (excludes halogenated alkanes) is 1. The number of carbonyl (C=O) groups excluding carboxylic acids is 2. The van der Waals surface area contributed by atoms with Crippen molar-refractivity contribution in [1.29, 1.82) is 0 Å². The molecular weight excluding hydrogens is 298 g/mol. The van der Waals surface area contributed by atoms with Gasteiger partial charge in [-0.05, 0) is 24.8 Å². The zero-order valence-electron chi connectivity index (χ0n) is 12.2. The van der Waals surface area contributed by atoms with E-state index in [1.807, 2.05) is 0 Å². The fourth-order valence-electron chi connectivity index (χ4n) is 1.12. The maximum atomic E-state index is 10.1. The predicted molar refractivity (Wildman–Crippen MR) is 61.9 cm³/mol. The molecular formula is C13H14Na2O6. The average Bonchev–Trinajstić information content (AvgIpc) is 2.36. The SMILES string of the molecule is O=C([O-])CCCCC(=O)O.O=C([O-])c1ccccc1.[Na+].[Na+]. The molecule has 0 atom stereocenters. The summed E-state index contributed by atoms with van der Waals surface area (Å²) in [7, 11) is 0. The normalized spacial score (nSPS) is 8.19. The minimum Gasteiger partial charge on any atom is -0.550 e. The molecule has 0 fully saturated rings. The number of aliphatic carboxylic acids is 2. The molecule has 6 nitrogen and oxygen atoms in total. The van der Waals surface area contributed by atoms with Gasteiger partial charge >= 0.3 is 65.1 Å². The van der Waals surface area contributed by atoms with Gasteiger partial charge in [-0.25, -0.2) is 0 Å². The van der Waals surface area contributed by atoms with Crippen LogP contribution in [0.3, 0.4) is 0 Å². The van der Waals surface area contributed by atoms with Crippen LogP contribution in [0.4, 0.5) is 0 Å². The maximum Gasteiger partial charge on any atom is 1.00 e. The Morgan fingerprint density at radius 3 is 1.71 bits per heavy atom. The zero-order valence-corrected chi connectivity index (χ0v) is 16.2. The van der Waals surface area contributed by atoms with Crippen molar-refractivity contribution in [3.63, 3.8) is 0 Å². The number of hydrogen-bond acceptors (Lipinski definition) is 5. The van der Waals surface area contributed by atoms with Gasteiger partial charge in [-0.3, -0.25) is 4.79 Å². The molecule has 1 aromatic carbocycles. The van der Waals surface area contributed by atoms with E-state index < -0.39 is 17.9 Å². The van der Waals surface area contributed by atoms with Gasteiger partial charge in [0.25, 0.3) is 0 Å². The molecule has 0 unspecified atom stereocenters. The third-order valence-electron chi connectivity index (χ3n) is 2.03. The Morgan fingerprint density at radius 2 is 1.38 bits per heavy atom. The van der Waals surface area contributed by atoms with Crippen molar-refractivity contribution in [2.45, 2.75) is 25.7 Å². The van der Waals surface area contributed by atoms with Gasteiger partial charge in [-0.1, -0.05) is 30.3 Å². The first-order chi connectivity index (χ1) is 8.93. The van der Waals surface area contributed by atoms with Crippen LogP contribution < -0.4 is 69.3 Å². The fourth-order valence-corrected chi connectivity index (χ4v) is 1.12. The molecule has 104 valence electrons. The minimum atomic E-state index is -1.13. The van der Waals surface area contributed by atoms with E-state index in [-0.39, 0.29) is 77.5 Å². The number of hydrogen-bond donors (Lipinski definition) is 1. The van der Waals surface area contributed by atoms with Crippen LogP contribution in [0.5, 0.6) is 0 Å². The molecule has 21 heavy (non-hydrogen) atoms. The number of aromatic carboxylic acids is 1. The van der Waals surface area contributed by atoms with E-state index >= 15 is 0 Å². The van der Waals surface area contributed by atoms with Crippen LogP contribution in [-0.2, 0) is 9.59 Å². The summed E-state index contributed by atoms with van der Waals surface area (Å²) in [6.07, 6.45) is 0.776. The maximum absolute atomic E-state index is 10.1. The van der Waals surface area contributed by atoms with Gasteiger partial charge in [0, 0.05) is 12.4 Å². The smallest absolute Gasteiger partial charge is 0.550 e. The van der Waals surface area contributed by atoms with Crippen LogP contribution in [0.25, 0.3) is 0 Å². The van der Waals surface area contributed by atoms with Gasteiger partial charge in [0.05, 0.1) is 5.97 Å². The topological polar surface area (TPSA) is 118 Å². The summed E-state index contributed by atoms with van der Waals surface area (Å²) >= 11 is 0. The Bertz CT molecular complexity index is 406. The molecule has 0 bridgehead atoms. The predicted octanol–water partition coefficient (Wildman–Crippen LogP) is -6.56. The third kappa shape index (κ3) is 17.6. The van der Waals surface area contributed by atoms with Gasteiger partial charge in [0.2, 0.25) is 0 Å². The second-order valence-electron chi connectivity index (χ2n) is 3.63. The zero-order chi connectivity index (χ0) is 14.7. The number of benzene rings is 1. The van der Waals surface area contributed by atoms with E-state index in [4.69, 9.17) is 5.11 Å². The quantitative estimate of drug-likeness (QED) is 0.412. The number of carboxylic acid groups (broad SMARTS) is 3. The van der Waals surface area contributed by atoms with E-state index in [0.29, 0.717) is 12.8 Å². The van der Waals surface area contributed by atoms with Crippen LogP contribution in [0.1, 0.15) is 36.0 Å². The summed E-state index contributed by atoms with van der Waals surface area (Å²) in [6, 6.07) is 8.06. The summed E-state index contributed by atoms with van der Waals surface area (Å²) in [6.45, 7) is 0. The Kier molecular flexibility index (Phi) is 19.5. The van der Waals surface area contributed by atoms with E-state index in [0.717, 1.165) is 0 Å². The van der Waals surface area contributed by atoms with Crippen LogP contribution in [0.2, 0.25) is 0 Å². The molecule has 8 heteroatoms. The Balaban J connectivity index is -0.000000282. The summed E-state index contributed by atoms with van der Waals surface area (Å²) in [5.41, 5.74) is 0.220. The molecule has 0 saturated carbocycles. The van der Waals surface area contributed by atoms with Crippen molar-refractivity contribution >= 4 is 17.9 Å². The van der Waals surface area contributed by atoms with Gasteiger partial charge in [-0.15, -0.1) is 0 Å². The molecule has 0 aliphatic rings. The number of carboxylic acids is 3. The molecule has 0 aliphatic heterocycles. The van der Waals surface area contributed by atoms with Gasteiger partial charge in [0.15, 0.2) is 0 Å². The van der Waals surface area contributed by atoms with Crippen molar-refractivity contribution < 1.29 is 88.8 Å². The molecule has 0 amide bonds. The Hall–Kier alpha value is -0.370. The summed E-state index contributed by atoms with van der Waals surface area (Å²) < 4.78 is 0. The van der Waals surface area contributed by atoms with E-state index in [1.54, 1.807) is 18.2 Å². The fraction of sp³-hybridized carbons (Fsp3) is 0.308. The third-order valence-corrected chi connectivity index (χ3v) is 2.03. The van der Waals surface area contributed by atoms with Crippen molar-refractivity contribution in [1.82, 2.24) is 0 Å². The van der Waals surface area contributed by atoms with E-state index in [9.17, 15) is 24.6 Å². The first-order valence-electron chi connectivity index (χ1n) is 5.61. The summed E-state index contributed by atoms with van der Waals surface area (Å²) in [4.78, 5) is 29.8. The minimum absolute atomic E-state index is 0. The average molecular weight is 312 g/mol. The first kappa shape index (κ1) is 25.6. The Labute approximate surface area is 167 Å². The summed E-state index contributed by atoms with van der Waals surface area (Å²) in [5.74, 6) is -3.14. The molecule has 1 rings (SSSR count). The van der Waals surface area contributed by atoms with E-state index in [2.05, 4.69) is 0 Å². The van der Waals surface area contributed by atoms with Crippen molar-refractivity contribution in [3.05, 3.63) is 35.9 Å². The van der Waals surface area contributed by atoms with Crippen LogP contribution >= 0.6 is 0 Å². The molecule has 0 radical (unpaired) electrons. The number of rotatable bonds is 6. The van der Waals surface area contributed by atoms with E-state index in [1.165, 1.54) is 12.1 Å².